The first kappa shape index (κ1) is 17.8. The van der Waals surface area contributed by atoms with Crippen LogP contribution in [0.1, 0.15) is 26.2 Å². The van der Waals surface area contributed by atoms with Gasteiger partial charge >= 0.3 is 51.4 Å². The molecule has 0 rings (SSSR count). The Kier molecular flexibility index (Phi) is 30.5. The van der Waals surface area contributed by atoms with E-state index in [-0.39, 0.29) is 55.7 Å². The zero-order chi connectivity index (χ0) is 7.70. The van der Waals surface area contributed by atoms with Crippen LogP contribution in [-0.2, 0) is 0 Å². The second kappa shape index (κ2) is 17.1. The Balaban J connectivity index is -0.0000000910. The van der Waals surface area contributed by atoms with Crippen LogP contribution >= 0.6 is 24.8 Å². The van der Waals surface area contributed by atoms with Gasteiger partial charge in [-0.15, -0.1) is 12.6 Å². The summed E-state index contributed by atoms with van der Waals surface area (Å²) in [5.74, 6) is 0. The summed E-state index contributed by atoms with van der Waals surface area (Å²) in [6.07, 6.45) is 3.65. The average molecular weight is 203 g/mol. The summed E-state index contributed by atoms with van der Waals surface area (Å²) in [6.45, 7) is 5.85. The van der Waals surface area contributed by atoms with Crippen LogP contribution < -0.4 is 57.1 Å². The van der Waals surface area contributed by atoms with Gasteiger partial charge in [-0.1, -0.05) is 32.0 Å². The number of thiocarbonyl (C=S) groups is 1. The van der Waals surface area contributed by atoms with Crippen molar-refractivity contribution >= 4 is 29.2 Å². The summed E-state index contributed by atoms with van der Waals surface area (Å²) in [5.41, 5.74) is 4.71. The molecule has 0 fully saturated rings. The number of hydrogen-bond donors (Lipinski definition) is 2. The van der Waals surface area contributed by atoms with Gasteiger partial charge in [0.25, 0.3) is 0 Å². The predicted molar refractivity (Wildman–Crippen MR) is 50.7 cm³/mol. The fraction of sp³-hybridized carbons (Fsp3) is 0.667. The van der Waals surface area contributed by atoms with E-state index in [9.17, 15) is 0 Å². The molecule has 0 bridgehead atoms. The third-order valence-corrected chi connectivity index (χ3v) is 0.604. The maximum Gasteiger partial charge on any atom is 1.00 e. The topological polar surface area (TPSA) is 26.0 Å². The van der Waals surface area contributed by atoms with E-state index in [1.54, 1.807) is 0 Å². The summed E-state index contributed by atoms with van der Waals surface area (Å²) in [6, 6.07) is 0. The Morgan fingerprint density at radius 3 is 2.00 bits per heavy atom. The predicted octanol–water partition coefficient (Wildman–Crippen LogP) is -0.826. The van der Waals surface area contributed by atoms with E-state index in [0.29, 0.717) is 0 Å². The first-order valence-electron chi connectivity index (χ1n) is 2.92. The minimum absolute atomic E-state index is 0. The van der Waals surface area contributed by atoms with Crippen molar-refractivity contribution in [1.82, 2.24) is 0 Å². The summed E-state index contributed by atoms with van der Waals surface area (Å²) >= 11 is 7.65. The number of thiol groups is 1. The quantitative estimate of drug-likeness (QED) is 0.265. The monoisotopic (exact) mass is 203 g/mol. The molecule has 56 valence electrons. The van der Waals surface area contributed by atoms with Crippen molar-refractivity contribution in [3.63, 3.8) is 0 Å². The standard InChI is InChI=1S/C5H11.CH3NS2.K/c1-3-5-4-2;2-1(3)4;/h1,3-5H2,2H3;(H3,2,3,4);/q-1;;+1. The molecule has 0 amide bonds. The van der Waals surface area contributed by atoms with E-state index in [1.165, 1.54) is 12.8 Å². The summed E-state index contributed by atoms with van der Waals surface area (Å²) in [5, 5.41) is 0. The zero-order valence-electron chi connectivity index (χ0n) is 6.76. The first-order valence-corrected chi connectivity index (χ1v) is 3.78. The second-order valence-corrected chi connectivity index (χ2v) is 2.77. The van der Waals surface area contributed by atoms with Crippen LogP contribution in [0.3, 0.4) is 0 Å². The second-order valence-electron chi connectivity index (χ2n) is 1.55. The van der Waals surface area contributed by atoms with Gasteiger partial charge in [0.1, 0.15) is 4.32 Å². The number of unbranched alkanes of at least 4 members (excludes halogenated alkanes) is 2. The van der Waals surface area contributed by atoms with Gasteiger partial charge in [0.2, 0.25) is 0 Å². The largest absolute Gasteiger partial charge is 1.00 e. The third kappa shape index (κ3) is 51.8. The molecular weight excluding hydrogens is 189 g/mol. The van der Waals surface area contributed by atoms with Crippen molar-refractivity contribution in [2.75, 3.05) is 0 Å². The van der Waals surface area contributed by atoms with Crippen LogP contribution in [-0.4, -0.2) is 4.32 Å². The van der Waals surface area contributed by atoms with Crippen molar-refractivity contribution in [2.45, 2.75) is 26.2 Å². The van der Waals surface area contributed by atoms with E-state index in [2.05, 4.69) is 38.7 Å². The van der Waals surface area contributed by atoms with Crippen LogP contribution in [0.2, 0.25) is 0 Å². The van der Waals surface area contributed by atoms with E-state index in [4.69, 9.17) is 5.73 Å². The minimum Gasteiger partial charge on any atom is -0.385 e. The molecule has 0 aromatic heterocycles. The molecule has 0 saturated heterocycles. The van der Waals surface area contributed by atoms with Gasteiger partial charge in [0.05, 0.1) is 0 Å². The minimum atomic E-state index is 0. The smallest absolute Gasteiger partial charge is 0.385 e. The molecule has 4 heteroatoms. The SMILES string of the molecule is NC(=S)S.[CH2-]CCCC.[K+]. The molecular formula is C6H14KNS2. The maximum absolute atomic E-state index is 4.71. The van der Waals surface area contributed by atoms with Gasteiger partial charge in [0.15, 0.2) is 0 Å². The van der Waals surface area contributed by atoms with Gasteiger partial charge < -0.3 is 12.7 Å². The molecule has 0 aliphatic carbocycles. The Morgan fingerprint density at radius 1 is 1.70 bits per heavy atom. The molecule has 0 unspecified atom stereocenters. The van der Waals surface area contributed by atoms with Crippen molar-refractivity contribution in [3.8, 4) is 0 Å². The number of nitrogens with two attached hydrogens (primary N) is 1. The summed E-state index contributed by atoms with van der Waals surface area (Å²) in [7, 11) is 0. The molecule has 0 radical (unpaired) electrons. The van der Waals surface area contributed by atoms with Crippen LogP contribution in [0, 0.1) is 6.92 Å². The molecule has 1 nitrogen and oxygen atoms in total. The van der Waals surface area contributed by atoms with Crippen LogP contribution in [0.15, 0.2) is 0 Å². The number of rotatable bonds is 2. The Labute approximate surface area is 117 Å². The Bertz CT molecular complexity index is 62.8. The molecule has 0 aromatic rings. The molecule has 0 spiro atoms. The fourth-order valence-electron chi connectivity index (χ4n) is 0.250. The molecule has 2 N–H and O–H groups in total. The Hall–Kier alpha value is 1.88. The molecule has 10 heavy (non-hydrogen) atoms. The van der Waals surface area contributed by atoms with Crippen LogP contribution in [0.25, 0.3) is 0 Å². The van der Waals surface area contributed by atoms with E-state index in [1.807, 2.05) is 0 Å². The van der Waals surface area contributed by atoms with Crippen LogP contribution in [0.5, 0.6) is 0 Å². The molecule has 0 atom stereocenters. The summed E-state index contributed by atoms with van der Waals surface area (Å²) in [4.78, 5) is 0. The molecule has 0 heterocycles. The summed E-state index contributed by atoms with van der Waals surface area (Å²) < 4.78 is 0.194. The van der Waals surface area contributed by atoms with E-state index in [0.717, 1.165) is 6.42 Å². The van der Waals surface area contributed by atoms with Gasteiger partial charge in [-0.05, 0) is 0 Å². The third-order valence-electron chi connectivity index (χ3n) is 0.604. The van der Waals surface area contributed by atoms with Crippen molar-refractivity contribution in [1.29, 1.82) is 0 Å². The van der Waals surface area contributed by atoms with Gasteiger partial charge in [-0.2, -0.15) is 6.42 Å². The molecule has 0 aliphatic heterocycles. The normalized spacial score (nSPS) is 6.70. The molecule has 0 aromatic carbocycles. The molecule has 0 saturated carbocycles. The van der Waals surface area contributed by atoms with Crippen molar-refractivity contribution < 1.29 is 51.4 Å². The fourth-order valence-corrected chi connectivity index (χ4v) is 0.250. The van der Waals surface area contributed by atoms with Gasteiger partial charge in [0, 0.05) is 0 Å². The van der Waals surface area contributed by atoms with Crippen molar-refractivity contribution in [3.05, 3.63) is 6.92 Å². The first-order chi connectivity index (χ1) is 4.15. The van der Waals surface area contributed by atoms with E-state index >= 15 is 0 Å². The zero-order valence-corrected chi connectivity index (χ0v) is 11.6. The van der Waals surface area contributed by atoms with Gasteiger partial charge in [-0.25, -0.2) is 0 Å². The average Bonchev–Trinajstić information content (AvgIpc) is 1.66. The van der Waals surface area contributed by atoms with E-state index < -0.39 is 0 Å². The maximum atomic E-state index is 4.71. The molecule has 0 aliphatic rings. The Morgan fingerprint density at radius 2 is 2.00 bits per heavy atom. The van der Waals surface area contributed by atoms with Gasteiger partial charge in [-0.3, -0.25) is 0 Å². The van der Waals surface area contributed by atoms with Crippen molar-refractivity contribution in [2.24, 2.45) is 5.73 Å². The number of hydrogen-bond acceptors (Lipinski definition) is 1. The van der Waals surface area contributed by atoms with Crippen LogP contribution in [0.4, 0.5) is 0 Å².